The summed E-state index contributed by atoms with van der Waals surface area (Å²) in [7, 11) is 0. The van der Waals surface area contributed by atoms with Crippen molar-refractivity contribution in [2.45, 2.75) is 19.8 Å². The van der Waals surface area contributed by atoms with Gasteiger partial charge in [-0.1, -0.05) is 32.0 Å². The summed E-state index contributed by atoms with van der Waals surface area (Å²) in [5.74, 6) is 1.50. The highest BCUT2D eigenvalue weighted by molar-refractivity contribution is 5.70. The van der Waals surface area contributed by atoms with Gasteiger partial charge in [0, 0.05) is 6.54 Å². The molecule has 0 radical (unpaired) electrons. The zero-order valence-corrected chi connectivity index (χ0v) is 12.0. The predicted molar refractivity (Wildman–Crippen MR) is 82.2 cm³/mol. The Bertz CT molecular complexity index is 562. The number of phenolic OH excluding ortho intramolecular Hbond substituents is 1. The molecule has 20 heavy (non-hydrogen) atoms. The minimum atomic E-state index is 0.285. The molecule has 0 aliphatic rings. The second kappa shape index (κ2) is 6.44. The number of hydrogen-bond donors (Lipinski definition) is 2. The Kier molecular flexibility index (Phi) is 4.64. The van der Waals surface area contributed by atoms with Crippen LogP contribution in [0.25, 0.3) is 11.1 Å². The Labute approximate surface area is 120 Å². The smallest absolute Gasteiger partial charge is 0.119 e. The first kappa shape index (κ1) is 14.4. The summed E-state index contributed by atoms with van der Waals surface area (Å²) in [6.07, 6.45) is 0. The van der Waals surface area contributed by atoms with Gasteiger partial charge in [0.1, 0.15) is 18.1 Å². The van der Waals surface area contributed by atoms with E-state index in [1.807, 2.05) is 36.4 Å². The van der Waals surface area contributed by atoms with Gasteiger partial charge in [0.05, 0.1) is 0 Å². The fraction of sp³-hybridized carbons (Fsp3) is 0.294. The van der Waals surface area contributed by atoms with Gasteiger partial charge in [0.15, 0.2) is 0 Å². The van der Waals surface area contributed by atoms with E-state index in [1.165, 1.54) is 5.56 Å². The molecule has 0 bridgehead atoms. The zero-order valence-electron chi connectivity index (χ0n) is 12.0. The van der Waals surface area contributed by atoms with Crippen molar-refractivity contribution in [1.29, 1.82) is 0 Å². The minimum absolute atomic E-state index is 0.285. The number of ether oxygens (including phenoxy) is 1. The van der Waals surface area contributed by atoms with Crippen LogP contribution >= 0.6 is 0 Å². The number of hydrogen-bond acceptors (Lipinski definition) is 3. The Balaban J connectivity index is 2.33. The number of benzene rings is 2. The molecule has 2 aromatic carbocycles. The molecule has 106 valence electrons. The van der Waals surface area contributed by atoms with Crippen LogP contribution in [0.1, 0.15) is 25.3 Å². The van der Waals surface area contributed by atoms with Crippen LogP contribution in [0, 0.1) is 0 Å². The number of phenols is 1. The van der Waals surface area contributed by atoms with Crippen molar-refractivity contribution >= 4 is 0 Å². The molecule has 0 spiro atoms. The predicted octanol–water partition coefficient (Wildman–Crippen LogP) is 3.52. The molecule has 2 aromatic rings. The molecule has 3 nitrogen and oxygen atoms in total. The maximum absolute atomic E-state index is 9.71. The Morgan fingerprint density at radius 2 is 1.80 bits per heavy atom. The van der Waals surface area contributed by atoms with Crippen molar-refractivity contribution in [3.05, 3.63) is 48.0 Å². The van der Waals surface area contributed by atoms with Gasteiger partial charge in [-0.25, -0.2) is 0 Å². The van der Waals surface area contributed by atoms with Crippen LogP contribution < -0.4 is 10.5 Å². The largest absolute Gasteiger partial charge is 0.508 e. The second-order valence-corrected chi connectivity index (χ2v) is 5.09. The summed E-state index contributed by atoms with van der Waals surface area (Å²) >= 11 is 0. The van der Waals surface area contributed by atoms with Gasteiger partial charge >= 0.3 is 0 Å². The summed E-state index contributed by atoms with van der Waals surface area (Å²) < 4.78 is 5.47. The molecule has 0 fully saturated rings. The van der Waals surface area contributed by atoms with E-state index in [2.05, 4.69) is 13.8 Å². The third-order valence-corrected chi connectivity index (χ3v) is 3.21. The monoisotopic (exact) mass is 271 g/mol. The van der Waals surface area contributed by atoms with Gasteiger partial charge < -0.3 is 15.6 Å². The fourth-order valence-corrected chi connectivity index (χ4v) is 2.21. The minimum Gasteiger partial charge on any atom is -0.508 e. The van der Waals surface area contributed by atoms with Crippen molar-refractivity contribution in [2.75, 3.05) is 13.2 Å². The third kappa shape index (κ3) is 3.31. The van der Waals surface area contributed by atoms with Gasteiger partial charge in [-0.2, -0.15) is 0 Å². The highest BCUT2D eigenvalue weighted by atomic mass is 16.5. The lowest BCUT2D eigenvalue weighted by molar-refractivity contribution is 0.328. The Morgan fingerprint density at radius 1 is 1.10 bits per heavy atom. The quantitative estimate of drug-likeness (QED) is 0.874. The van der Waals surface area contributed by atoms with Crippen LogP contribution in [-0.2, 0) is 0 Å². The van der Waals surface area contributed by atoms with E-state index in [9.17, 15) is 5.11 Å². The second-order valence-electron chi connectivity index (χ2n) is 5.09. The Morgan fingerprint density at radius 3 is 2.40 bits per heavy atom. The molecule has 2 rings (SSSR count). The third-order valence-electron chi connectivity index (χ3n) is 3.21. The van der Waals surface area contributed by atoms with E-state index in [-0.39, 0.29) is 5.75 Å². The molecule has 0 aromatic heterocycles. The van der Waals surface area contributed by atoms with E-state index in [0.717, 1.165) is 16.9 Å². The lowest BCUT2D eigenvalue weighted by Crippen LogP contribution is -2.10. The molecule has 0 unspecified atom stereocenters. The topological polar surface area (TPSA) is 55.5 Å². The van der Waals surface area contributed by atoms with E-state index < -0.39 is 0 Å². The number of aromatic hydroxyl groups is 1. The number of rotatable bonds is 5. The van der Waals surface area contributed by atoms with Crippen LogP contribution in [0.4, 0.5) is 0 Å². The van der Waals surface area contributed by atoms with E-state index in [4.69, 9.17) is 10.5 Å². The maximum atomic E-state index is 9.71. The van der Waals surface area contributed by atoms with Crippen LogP contribution in [0.2, 0.25) is 0 Å². The molecule has 0 saturated carbocycles. The van der Waals surface area contributed by atoms with E-state index in [0.29, 0.717) is 19.1 Å². The van der Waals surface area contributed by atoms with Crippen LogP contribution in [0.5, 0.6) is 11.5 Å². The maximum Gasteiger partial charge on any atom is 0.119 e. The standard InChI is InChI=1S/C17H21NO2/c1-12(2)16-8-5-14(19)11-17(16)13-3-6-15(7-4-13)20-10-9-18/h3-8,11-12,19H,9-10,18H2,1-2H3. The number of nitrogens with two attached hydrogens (primary N) is 1. The summed E-state index contributed by atoms with van der Waals surface area (Å²) in [4.78, 5) is 0. The molecule has 0 aliphatic heterocycles. The average molecular weight is 271 g/mol. The average Bonchev–Trinajstić information content (AvgIpc) is 2.45. The summed E-state index contributed by atoms with van der Waals surface area (Å²) in [5.41, 5.74) is 8.77. The molecular weight excluding hydrogens is 250 g/mol. The normalized spacial score (nSPS) is 10.8. The molecule has 3 N–H and O–H groups in total. The van der Waals surface area contributed by atoms with Crippen LogP contribution in [0.15, 0.2) is 42.5 Å². The first-order chi connectivity index (χ1) is 9.61. The highest BCUT2D eigenvalue weighted by Gasteiger charge is 2.09. The van der Waals surface area contributed by atoms with E-state index >= 15 is 0 Å². The van der Waals surface area contributed by atoms with Gasteiger partial charge in [-0.05, 0) is 46.9 Å². The van der Waals surface area contributed by atoms with Crippen molar-refractivity contribution in [1.82, 2.24) is 0 Å². The van der Waals surface area contributed by atoms with Crippen molar-refractivity contribution in [3.63, 3.8) is 0 Å². The van der Waals surface area contributed by atoms with Gasteiger partial charge in [-0.3, -0.25) is 0 Å². The van der Waals surface area contributed by atoms with Crippen LogP contribution in [-0.4, -0.2) is 18.3 Å². The van der Waals surface area contributed by atoms with Crippen molar-refractivity contribution < 1.29 is 9.84 Å². The summed E-state index contributed by atoms with van der Waals surface area (Å²) in [6, 6.07) is 13.4. The van der Waals surface area contributed by atoms with Crippen molar-refractivity contribution in [3.8, 4) is 22.6 Å². The fourth-order valence-electron chi connectivity index (χ4n) is 2.21. The highest BCUT2D eigenvalue weighted by Crippen LogP contribution is 2.32. The lowest BCUT2D eigenvalue weighted by Gasteiger charge is -2.14. The van der Waals surface area contributed by atoms with Gasteiger partial charge in [0.25, 0.3) is 0 Å². The van der Waals surface area contributed by atoms with Gasteiger partial charge in [0.2, 0.25) is 0 Å². The first-order valence-electron chi connectivity index (χ1n) is 6.88. The summed E-state index contributed by atoms with van der Waals surface area (Å²) in [5, 5.41) is 9.71. The molecule has 0 saturated heterocycles. The summed E-state index contributed by atoms with van der Waals surface area (Å²) in [6.45, 7) is 5.32. The first-order valence-corrected chi connectivity index (χ1v) is 6.88. The molecular formula is C17H21NO2. The van der Waals surface area contributed by atoms with Gasteiger partial charge in [-0.15, -0.1) is 0 Å². The molecule has 0 amide bonds. The molecule has 0 heterocycles. The lowest BCUT2D eigenvalue weighted by atomic mass is 9.92. The Hall–Kier alpha value is -2.00. The zero-order chi connectivity index (χ0) is 14.5. The molecule has 0 atom stereocenters. The van der Waals surface area contributed by atoms with Crippen molar-refractivity contribution in [2.24, 2.45) is 5.73 Å². The molecule has 3 heteroatoms. The SMILES string of the molecule is CC(C)c1ccc(O)cc1-c1ccc(OCCN)cc1. The molecule has 0 aliphatic carbocycles. The van der Waals surface area contributed by atoms with E-state index in [1.54, 1.807) is 6.07 Å². The van der Waals surface area contributed by atoms with Crippen LogP contribution in [0.3, 0.4) is 0 Å².